The highest BCUT2D eigenvalue weighted by molar-refractivity contribution is 7.09. The van der Waals surface area contributed by atoms with Crippen LogP contribution >= 0.6 is 11.3 Å². The Kier molecular flexibility index (Phi) is 3.17. The van der Waals surface area contributed by atoms with Gasteiger partial charge in [-0.1, -0.05) is 0 Å². The number of hydrogen-bond donors (Lipinski definition) is 1. The second-order valence-corrected chi connectivity index (χ2v) is 5.11. The van der Waals surface area contributed by atoms with Gasteiger partial charge in [0.25, 0.3) is 0 Å². The molecule has 1 fully saturated rings. The van der Waals surface area contributed by atoms with Crippen LogP contribution in [0.1, 0.15) is 24.0 Å². The minimum Gasteiger partial charge on any atom is -0.314 e. The average Bonchev–Trinajstić information content (AvgIpc) is 2.75. The predicted octanol–water partition coefficient (Wildman–Crippen LogP) is 1.56. The minimum atomic E-state index is 0.189. The summed E-state index contributed by atoms with van der Waals surface area (Å²) in [5, 5.41) is 6.26. The number of aryl methyl sites for hydroxylation is 1. The third-order valence-electron chi connectivity index (χ3n) is 2.93. The lowest BCUT2D eigenvalue weighted by Gasteiger charge is -2.12. The third-order valence-corrected chi connectivity index (χ3v) is 3.90. The van der Waals surface area contributed by atoms with E-state index in [1.165, 1.54) is 0 Å². The number of thiazole rings is 1. The topological polar surface area (TPSA) is 42.0 Å². The van der Waals surface area contributed by atoms with Gasteiger partial charge in [-0.05, 0) is 26.8 Å². The molecule has 0 aromatic carbocycles. The molecule has 0 spiro atoms. The van der Waals surface area contributed by atoms with Crippen LogP contribution in [0.2, 0.25) is 0 Å². The minimum absolute atomic E-state index is 0.189. The Bertz CT molecular complexity index is 361. The van der Waals surface area contributed by atoms with Gasteiger partial charge in [0.1, 0.15) is 10.8 Å². The van der Waals surface area contributed by atoms with Gasteiger partial charge in [-0.3, -0.25) is 4.79 Å². The van der Waals surface area contributed by atoms with Crippen molar-refractivity contribution in [2.24, 2.45) is 5.92 Å². The second-order valence-electron chi connectivity index (χ2n) is 4.16. The Balaban J connectivity index is 1.97. The van der Waals surface area contributed by atoms with Crippen molar-refractivity contribution >= 4 is 17.1 Å². The maximum absolute atomic E-state index is 12.0. The summed E-state index contributed by atoms with van der Waals surface area (Å²) < 4.78 is 0. The summed E-state index contributed by atoms with van der Waals surface area (Å²) in [5.41, 5.74) is 1.01. The number of nitrogens with one attached hydrogen (secondary N) is 1. The van der Waals surface area contributed by atoms with E-state index in [0.717, 1.165) is 23.7 Å². The first kappa shape index (κ1) is 10.8. The molecule has 0 aliphatic carbocycles. The number of carbonyl (C=O) groups is 1. The first-order valence-electron chi connectivity index (χ1n) is 5.34. The Labute approximate surface area is 93.9 Å². The maximum Gasteiger partial charge on any atom is 0.144 e. The quantitative estimate of drug-likeness (QED) is 0.847. The van der Waals surface area contributed by atoms with E-state index in [4.69, 9.17) is 0 Å². The van der Waals surface area contributed by atoms with Gasteiger partial charge >= 0.3 is 0 Å². The highest BCUT2D eigenvalue weighted by Crippen LogP contribution is 2.19. The summed E-state index contributed by atoms with van der Waals surface area (Å²) in [6.07, 6.45) is 1.49. The fourth-order valence-corrected chi connectivity index (χ4v) is 2.84. The molecular weight excluding hydrogens is 208 g/mol. The van der Waals surface area contributed by atoms with Crippen LogP contribution in [-0.2, 0) is 11.2 Å². The molecule has 0 saturated carbocycles. The number of aromatic nitrogens is 1. The Morgan fingerprint density at radius 1 is 1.73 bits per heavy atom. The zero-order valence-corrected chi connectivity index (χ0v) is 9.93. The lowest BCUT2D eigenvalue weighted by atomic mass is 9.95. The van der Waals surface area contributed by atoms with Crippen LogP contribution in [0.15, 0.2) is 5.38 Å². The first-order chi connectivity index (χ1) is 7.16. The largest absolute Gasteiger partial charge is 0.314 e. The van der Waals surface area contributed by atoms with Gasteiger partial charge in [0.15, 0.2) is 0 Å². The fraction of sp³-hybridized carbons (Fsp3) is 0.636. The van der Waals surface area contributed by atoms with Gasteiger partial charge in [-0.25, -0.2) is 4.98 Å². The van der Waals surface area contributed by atoms with E-state index in [9.17, 15) is 4.79 Å². The van der Waals surface area contributed by atoms with E-state index in [1.54, 1.807) is 11.3 Å². The first-order valence-corrected chi connectivity index (χ1v) is 6.22. The van der Waals surface area contributed by atoms with Gasteiger partial charge in [0.2, 0.25) is 0 Å². The molecule has 2 rings (SSSR count). The van der Waals surface area contributed by atoms with Crippen LogP contribution in [0.25, 0.3) is 0 Å². The lowest BCUT2D eigenvalue weighted by Crippen LogP contribution is -2.29. The van der Waals surface area contributed by atoms with Crippen molar-refractivity contribution in [2.75, 3.05) is 6.54 Å². The smallest absolute Gasteiger partial charge is 0.144 e. The van der Waals surface area contributed by atoms with Crippen molar-refractivity contribution in [3.05, 3.63) is 16.1 Å². The number of carbonyl (C=O) groups excluding carboxylic acids is 1. The van der Waals surface area contributed by atoms with Gasteiger partial charge in [0, 0.05) is 23.0 Å². The summed E-state index contributed by atoms with van der Waals surface area (Å²) in [4.78, 5) is 16.3. The number of hydrogen-bond acceptors (Lipinski definition) is 4. The van der Waals surface area contributed by atoms with Crippen LogP contribution in [0.5, 0.6) is 0 Å². The number of rotatable bonds is 3. The molecular formula is C11H16N2OS. The van der Waals surface area contributed by atoms with E-state index < -0.39 is 0 Å². The molecule has 2 unspecified atom stereocenters. The van der Waals surface area contributed by atoms with Crippen LogP contribution in [0.4, 0.5) is 0 Å². The molecule has 2 atom stereocenters. The summed E-state index contributed by atoms with van der Waals surface area (Å²) >= 11 is 1.59. The molecule has 0 bridgehead atoms. The molecule has 15 heavy (non-hydrogen) atoms. The van der Waals surface area contributed by atoms with E-state index in [1.807, 2.05) is 12.3 Å². The zero-order chi connectivity index (χ0) is 10.8. The Morgan fingerprint density at radius 2 is 2.53 bits per heavy atom. The molecule has 2 heterocycles. The molecule has 1 aromatic rings. The maximum atomic E-state index is 12.0. The standard InChI is InChI=1S/C11H16N2OS/c1-7-6-15-11(13-7)5-10(14)9-3-4-12-8(9)2/h6,8-9,12H,3-5H2,1-2H3. The molecule has 0 radical (unpaired) electrons. The summed E-state index contributed by atoms with van der Waals surface area (Å²) in [6.45, 7) is 5.02. The number of nitrogens with zero attached hydrogens (tertiary/aromatic N) is 1. The number of ketones is 1. The molecule has 1 N–H and O–H groups in total. The third kappa shape index (κ3) is 2.44. The lowest BCUT2D eigenvalue weighted by molar-refractivity contribution is -0.122. The van der Waals surface area contributed by atoms with Gasteiger partial charge < -0.3 is 5.32 Å². The van der Waals surface area contributed by atoms with Crippen molar-refractivity contribution in [2.45, 2.75) is 32.7 Å². The van der Waals surface area contributed by atoms with Crippen LogP contribution < -0.4 is 5.32 Å². The van der Waals surface area contributed by atoms with Crippen molar-refractivity contribution < 1.29 is 4.79 Å². The molecule has 0 amide bonds. The molecule has 1 aliphatic heterocycles. The highest BCUT2D eigenvalue weighted by atomic mass is 32.1. The van der Waals surface area contributed by atoms with Crippen molar-refractivity contribution in [1.82, 2.24) is 10.3 Å². The second kappa shape index (κ2) is 4.41. The van der Waals surface area contributed by atoms with Gasteiger partial charge in [-0.15, -0.1) is 11.3 Å². The van der Waals surface area contributed by atoms with E-state index >= 15 is 0 Å². The predicted molar refractivity (Wildman–Crippen MR) is 61.1 cm³/mol. The SMILES string of the molecule is Cc1csc(CC(=O)C2CCNC2C)n1. The summed E-state index contributed by atoms with van der Waals surface area (Å²) in [7, 11) is 0. The zero-order valence-electron chi connectivity index (χ0n) is 9.12. The molecule has 1 aromatic heterocycles. The molecule has 3 nitrogen and oxygen atoms in total. The fourth-order valence-electron chi connectivity index (χ4n) is 2.06. The van der Waals surface area contributed by atoms with Crippen molar-refractivity contribution in [3.63, 3.8) is 0 Å². The summed E-state index contributed by atoms with van der Waals surface area (Å²) in [5.74, 6) is 0.524. The average molecular weight is 224 g/mol. The van der Waals surface area contributed by atoms with E-state index in [0.29, 0.717) is 18.2 Å². The molecule has 1 aliphatic rings. The Morgan fingerprint density at radius 3 is 3.07 bits per heavy atom. The van der Waals surface area contributed by atoms with E-state index in [-0.39, 0.29) is 5.92 Å². The number of Topliss-reactive ketones (excluding diaryl/α,β-unsaturated/α-hetero) is 1. The molecule has 1 saturated heterocycles. The van der Waals surface area contributed by atoms with Gasteiger partial charge in [-0.2, -0.15) is 0 Å². The monoisotopic (exact) mass is 224 g/mol. The van der Waals surface area contributed by atoms with Crippen LogP contribution in [-0.4, -0.2) is 23.4 Å². The van der Waals surface area contributed by atoms with Gasteiger partial charge in [0.05, 0.1) is 6.42 Å². The normalized spacial score (nSPS) is 25.7. The van der Waals surface area contributed by atoms with E-state index in [2.05, 4.69) is 17.2 Å². The molecule has 4 heteroatoms. The summed E-state index contributed by atoms with van der Waals surface area (Å²) in [6, 6.07) is 0.332. The van der Waals surface area contributed by atoms with Crippen LogP contribution in [0.3, 0.4) is 0 Å². The highest BCUT2D eigenvalue weighted by Gasteiger charge is 2.29. The Hall–Kier alpha value is -0.740. The van der Waals surface area contributed by atoms with Crippen molar-refractivity contribution in [1.29, 1.82) is 0 Å². The molecule has 82 valence electrons. The van der Waals surface area contributed by atoms with Crippen molar-refractivity contribution in [3.8, 4) is 0 Å². The van der Waals surface area contributed by atoms with Crippen LogP contribution in [0, 0.1) is 12.8 Å².